The van der Waals surface area contributed by atoms with Crippen LogP contribution in [-0.2, 0) is 20.7 Å². The number of benzene rings is 2. The van der Waals surface area contributed by atoms with Crippen molar-refractivity contribution in [3.63, 3.8) is 0 Å². The lowest BCUT2D eigenvalue weighted by molar-refractivity contribution is 0.229. The lowest BCUT2D eigenvalue weighted by Gasteiger charge is -2.13. The van der Waals surface area contributed by atoms with Gasteiger partial charge in [0.2, 0.25) is 0 Å². The first-order chi connectivity index (χ1) is 9.87. The van der Waals surface area contributed by atoms with Crippen molar-refractivity contribution in [3.8, 4) is 0 Å². The van der Waals surface area contributed by atoms with Gasteiger partial charge >= 0.3 is 0 Å². The summed E-state index contributed by atoms with van der Waals surface area (Å²) in [5.74, 6) is 0. The molecular formula is C16H17ClO3S. The van der Waals surface area contributed by atoms with Crippen molar-refractivity contribution in [3.05, 3.63) is 64.7 Å². The Hall–Kier alpha value is -1.36. The monoisotopic (exact) mass is 324 g/mol. The molecule has 2 aromatic carbocycles. The molecule has 0 aliphatic carbocycles. The van der Waals surface area contributed by atoms with Gasteiger partial charge in [0.05, 0.1) is 11.0 Å². The Balaban J connectivity index is 2.05. The number of halogens is 1. The highest BCUT2D eigenvalue weighted by molar-refractivity contribution is 7.86. The third kappa shape index (κ3) is 4.56. The highest BCUT2D eigenvalue weighted by Crippen LogP contribution is 2.18. The van der Waals surface area contributed by atoms with Crippen molar-refractivity contribution in [2.75, 3.05) is 0 Å². The van der Waals surface area contributed by atoms with Crippen LogP contribution in [0.25, 0.3) is 0 Å². The SMILES string of the molecule is Cc1ccc(CC(C)OS(=O)(=O)c2ccc(Cl)cc2)cc1. The van der Waals surface area contributed by atoms with Crippen molar-refractivity contribution < 1.29 is 12.6 Å². The predicted octanol–water partition coefficient (Wildman–Crippen LogP) is 3.98. The van der Waals surface area contributed by atoms with E-state index in [9.17, 15) is 8.42 Å². The van der Waals surface area contributed by atoms with E-state index in [2.05, 4.69) is 0 Å². The van der Waals surface area contributed by atoms with Gasteiger partial charge < -0.3 is 0 Å². The summed E-state index contributed by atoms with van der Waals surface area (Å²) in [6, 6.07) is 13.9. The molecule has 0 aromatic heterocycles. The second-order valence-electron chi connectivity index (χ2n) is 5.00. The Morgan fingerprint density at radius 2 is 1.62 bits per heavy atom. The van der Waals surface area contributed by atoms with E-state index in [4.69, 9.17) is 15.8 Å². The molecular weight excluding hydrogens is 308 g/mol. The van der Waals surface area contributed by atoms with Crippen LogP contribution in [0.3, 0.4) is 0 Å². The molecule has 112 valence electrons. The van der Waals surface area contributed by atoms with E-state index in [0.29, 0.717) is 11.4 Å². The normalized spacial score (nSPS) is 13.1. The molecule has 2 rings (SSSR count). The molecule has 0 aliphatic heterocycles. The summed E-state index contributed by atoms with van der Waals surface area (Å²) in [6.45, 7) is 3.75. The van der Waals surface area contributed by atoms with Crippen LogP contribution >= 0.6 is 11.6 Å². The van der Waals surface area contributed by atoms with Crippen LogP contribution in [0.4, 0.5) is 0 Å². The first-order valence-electron chi connectivity index (χ1n) is 6.61. The summed E-state index contributed by atoms with van der Waals surface area (Å²) < 4.78 is 29.5. The lowest BCUT2D eigenvalue weighted by atomic mass is 10.1. The van der Waals surface area contributed by atoms with Gasteiger partial charge in [0.1, 0.15) is 0 Å². The molecule has 0 saturated carbocycles. The Labute approximate surface area is 130 Å². The van der Waals surface area contributed by atoms with Gasteiger partial charge in [-0.15, -0.1) is 0 Å². The van der Waals surface area contributed by atoms with E-state index >= 15 is 0 Å². The zero-order valence-corrected chi connectivity index (χ0v) is 13.5. The van der Waals surface area contributed by atoms with Crippen LogP contribution < -0.4 is 0 Å². The molecule has 1 unspecified atom stereocenters. The van der Waals surface area contributed by atoms with Gasteiger partial charge in [0.15, 0.2) is 0 Å². The summed E-state index contributed by atoms with van der Waals surface area (Å²) in [6.07, 6.45) is 0.0981. The number of rotatable bonds is 5. The van der Waals surface area contributed by atoms with Crippen LogP contribution in [0.2, 0.25) is 5.02 Å². The number of hydrogen-bond donors (Lipinski definition) is 0. The van der Waals surface area contributed by atoms with Crippen molar-refractivity contribution in [2.45, 2.75) is 31.3 Å². The van der Waals surface area contributed by atoms with Gasteiger partial charge in [-0.05, 0) is 50.1 Å². The van der Waals surface area contributed by atoms with E-state index in [1.165, 1.54) is 29.8 Å². The molecule has 0 saturated heterocycles. The molecule has 0 N–H and O–H groups in total. The van der Waals surface area contributed by atoms with Gasteiger partial charge in [-0.3, -0.25) is 4.18 Å². The Bertz CT molecular complexity index is 691. The summed E-state index contributed by atoms with van der Waals surface area (Å²) in [5.41, 5.74) is 2.21. The zero-order chi connectivity index (χ0) is 15.5. The maximum atomic E-state index is 12.1. The summed E-state index contributed by atoms with van der Waals surface area (Å²) in [5, 5.41) is 0.488. The Kier molecular flexibility index (Phi) is 5.04. The molecule has 5 heteroatoms. The van der Waals surface area contributed by atoms with Crippen molar-refractivity contribution in [2.24, 2.45) is 0 Å². The largest absolute Gasteiger partial charge is 0.297 e. The van der Waals surface area contributed by atoms with Gasteiger partial charge in [-0.25, -0.2) is 0 Å². The van der Waals surface area contributed by atoms with Crippen molar-refractivity contribution in [1.29, 1.82) is 0 Å². The smallest absolute Gasteiger partial charge is 0.263 e. The second-order valence-corrected chi connectivity index (χ2v) is 7.01. The van der Waals surface area contributed by atoms with Crippen LogP contribution in [0.1, 0.15) is 18.1 Å². The minimum absolute atomic E-state index is 0.114. The third-order valence-electron chi connectivity index (χ3n) is 3.04. The van der Waals surface area contributed by atoms with Crippen LogP contribution in [0, 0.1) is 6.92 Å². The first-order valence-corrected chi connectivity index (χ1v) is 8.40. The van der Waals surface area contributed by atoms with E-state index in [-0.39, 0.29) is 4.90 Å². The molecule has 0 heterocycles. The predicted molar refractivity (Wildman–Crippen MR) is 84.1 cm³/mol. The van der Waals surface area contributed by atoms with E-state index in [1.54, 1.807) is 6.92 Å². The molecule has 0 spiro atoms. The van der Waals surface area contributed by atoms with Crippen LogP contribution in [0.15, 0.2) is 53.4 Å². The quantitative estimate of drug-likeness (QED) is 0.781. The molecule has 0 aliphatic rings. The van der Waals surface area contributed by atoms with E-state index in [0.717, 1.165) is 5.56 Å². The minimum Gasteiger partial charge on any atom is -0.263 e. The summed E-state index contributed by atoms with van der Waals surface area (Å²) in [4.78, 5) is 0.114. The van der Waals surface area contributed by atoms with E-state index < -0.39 is 16.2 Å². The average Bonchev–Trinajstić information content (AvgIpc) is 2.41. The molecule has 21 heavy (non-hydrogen) atoms. The Morgan fingerprint density at radius 3 is 2.19 bits per heavy atom. The van der Waals surface area contributed by atoms with Crippen molar-refractivity contribution >= 4 is 21.7 Å². The molecule has 0 amide bonds. The fraction of sp³-hybridized carbons (Fsp3) is 0.250. The van der Waals surface area contributed by atoms with Gasteiger partial charge in [0, 0.05) is 5.02 Å². The first kappa shape index (κ1) is 16.0. The highest BCUT2D eigenvalue weighted by Gasteiger charge is 2.19. The minimum atomic E-state index is -3.76. The standard InChI is InChI=1S/C16H17ClO3S/c1-12-3-5-14(6-4-12)11-13(2)20-21(18,19)16-9-7-15(17)8-10-16/h3-10,13H,11H2,1-2H3. The average molecular weight is 325 g/mol. The third-order valence-corrected chi connectivity index (χ3v) is 4.72. The molecule has 0 bridgehead atoms. The Morgan fingerprint density at radius 1 is 1.05 bits per heavy atom. The van der Waals surface area contributed by atoms with Gasteiger partial charge in [-0.1, -0.05) is 41.4 Å². The fourth-order valence-electron chi connectivity index (χ4n) is 1.96. The zero-order valence-electron chi connectivity index (χ0n) is 11.9. The molecule has 0 radical (unpaired) electrons. The molecule has 0 fully saturated rings. The lowest BCUT2D eigenvalue weighted by Crippen LogP contribution is -2.17. The van der Waals surface area contributed by atoms with Crippen molar-refractivity contribution in [1.82, 2.24) is 0 Å². The molecule has 2 aromatic rings. The topological polar surface area (TPSA) is 43.4 Å². The summed E-state index contributed by atoms with van der Waals surface area (Å²) in [7, 11) is -3.76. The van der Waals surface area contributed by atoms with Gasteiger partial charge in [0.25, 0.3) is 10.1 Å². The maximum absolute atomic E-state index is 12.1. The van der Waals surface area contributed by atoms with E-state index in [1.807, 2.05) is 31.2 Å². The highest BCUT2D eigenvalue weighted by atomic mass is 35.5. The van der Waals surface area contributed by atoms with Gasteiger partial charge in [-0.2, -0.15) is 8.42 Å². The second kappa shape index (κ2) is 6.60. The summed E-state index contributed by atoms with van der Waals surface area (Å²) >= 11 is 5.75. The van der Waals surface area contributed by atoms with Crippen LogP contribution in [0.5, 0.6) is 0 Å². The molecule has 3 nitrogen and oxygen atoms in total. The maximum Gasteiger partial charge on any atom is 0.297 e. The molecule has 1 atom stereocenters. The van der Waals surface area contributed by atoms with Crippen LogP contribution in [-0.4, -0.2) is 14.5 Å². The number of hydrogen-bond acceptors (Lipinski definition) is 3. The number of aryl methyl sites for hydroxylation is 1. The fourth-order valence-corrected chi connectivity index (χ4v) is 3.17.